The Hall–Kier alpha value is -2.54. The molecule has 0 radical (unpaired) electrons. The minimum atomic E-state index is -10.7. The first-order valence-electron chi connectivity index (χ1n) is 8.08. The van der Waals surface area contributed by atoms with E-state index in [1.165, 1.54) is 11.1 Å². The van der Waals surface area contributed by atoms with Gasteiger partial charge in [0.1, 0.15) is 31.3 Å². The third-order valence-corrected chi connectivity index (χ3v) is 3.36. The van der Waals surface area contributed by atoms with Crippen LogP contribution in [-0.2, 0) is 20.2 Å². The summed E-state index contributed by atoms with van der Waals surface area (Å²) in [4.78, 5) is 0. The van der Waals surface area contributed by atoms with E-state index in [4.69, 9.17) is 4.74 Å². The molecule has 3 nitrogen and oxygen atoms in total. The molecule has 0 saturated carbocycles. The molecule has 1 aromatic heterocycles. The van der Waals surface area contributed by atoms with Gasteiger partial charge < -0.3 is 4.74 Å². The van der Waals surface area contributed by atoms with E-state index >= 15 is 0 Å². The second-order valence-corrected chi connectivity index (χ2v) is 8.04. The molecular formula is C18H19F6N2OP. The zero-order valence-electron chi connectivity index (χ0n) is 14.9. The molecule has 0 fully saturated rings. The van der Waals surface area contributed by atoms with Crippen LogP contribution in [0.3, 0.4) is 0 Å². The Kier molecular flexibility index (Phi) is 5.80. The number of hydrogen-bond acceptors (Lipinski definition) is 1. The van der Waals surface area contributed by atoms with Gasteiger partial charge in [0.05, 0.1) is 7.05 Å². The summed E-state index contributed by atoms with van der Waals surface area (Å²) < 4.78 is 69.1. The van der Waals surface area contributed by atoms with Crippen LogP contribution >= 0.6 is 7.81 Å². The van der Waals surface area contributed by atoms with E-state index in [1.54, 1.807) is 0 Å². The van der Waals surface area contributed by atoms with Crippen molar-refractivity contribution in [3.05, 3.63) is 84.4 Å². The van der Waals surface area contributed by atoms with Crippen molar-refractivity contribution < 1.29 is 34.5 Å². The number of halogens is 6. The van der Waals surface area contributed by atoms with E-state index in [9.17, 15) is 25.2 Å². The quantitative estimate of drug-likeness (QED) is 0.266. The van der Waals surface area contributed by atoms with Crippen LogP contribution < -0.4 is 9.30 Å². The summed E-state index contributed by atoms with van der Waals surface area (Å²) in [6, 6.07) is 18.5. The summed E-state index contributed by atoms with van der Waals surface area (Å²) >= 11 is 0. The van der Waals surface area contributed by atoms with Gasteiger partial charge in [-0.2, -0.15) is 0 Å². The molecule has 0 spiro atoms. The van der Waals surface area contributed by atoms with Crippen molar-refractivity contribution in [2.24, 2.45) is 7.05 Å². The zero-order valence-corrected chi connectivity index (χ0v) is 15.8. The van der Waals surface area contributed by atoms with Crippen LogP contribution in [0, 0.1) is 0 Å². The number of aromatic nitrogens is 2. The molecule has 1 heterocycles. The van der Waals surface area contributed by atoms with E-state index in [0.29, 0.717) is 6.61 Å². The maximum atomic E-state index is 9.87. The van der Waals surface area contributed by atoms with E-state index in [0.717, 1.165) is 12.3 Å². The molecule has 154 valence electrons. The van der Waals surface area contributed by atoms with Crippen LogP contribution in [0.15, 0.2) is 73.3 Å². The Labute approximate surface area is 158 Å². The molecule has 0 saturated heterocycles. The fraction of sp³-hybridized carbons (Fsp3) is 0.167. The van der Waals surface area contributed by atoms with Crippen LogP contribution in [0.2, 0.25) is 0 Å². The molecule has 0 aliphatic carbocycles. The van der Waals surface area contributed by atoms with Crippen molar-refractivity contribution >= 4 is 7.81 Å². The molecule has 2 aromatic carbocycles. The van der Waals surface area contributed by atoms with E-state index in [-0.39, 0.29) is 0 Å². The average molecular weight is 424 g/mol. The third kappa shape index (κ3) is 10.6. The summed E-state index contributed by atoms with van der Waals surface area (Å²) in [7, 11) is -8.63. The normalized spacial score (nSPS) is 13.7. The van der Waals surface area contributed by atoms with E-state index < -0.39 is 7.81 Å². The predicted molar refractivity (Wildman–Crippen MR) is 95.5 cm³/mol. The zero-order chi connectivity index (χ0) is 20.9. The second-order valence-electron chi connectivity index (χ2n) is 6.13. The molecule has 0 aliphatic rings. The van der Waals surface area contributed by atoms with Crippen molar-refractivity contribution in [3.63, 3.8) is 0 Å². The number of imidazole rings is 1. The SMILES string of the molecule is C[n+]1ccn(Cc2ccc(COc3ccccc3)cc2)c1.F[P-](F)(F)(F)(F)F. The summed E-state index contributed by atoms with van der Waals surface area (Å²) in [5.74, 6) is 0.904. The van der Waals surface area contributed by atoms with Gasteiger partial charge in [-0.3, -0.25) is 0 Å². The van der Waals surface area contributed by atoms with Crippen LogP contribution in [0.1, 0.15) is 11.1 Å². The number of para-hydroxylation sites is 1. The topological polar surface area (TPSA) is 18.0 Å². The van der Waals surface area contributed by atoms with Crippen molar-refractivity contribution in [3.8, 4) is 5.75 Å². The van der Waals surface area contributed by atoms with Gasteiger partial charge in [0.15, 0.2) is 0 Å². The first-order chi connectivity index (χ1) is 12.7. The third-order valence-electron chi connectivity index (χ3n) is 3.36. The van der Waals surface area contributed by atoms with Crippen molar-refractivity contribution in [1.82, 2.24) is 4.57 Å². The van der Waals surface area contributed by atoms with Gasteiger partial charge in [-0.05, 0) is 23.3 Å². The minimum absolute atomic E-state index is 0.600. The fourth-order valence-electron chi connectivity index (χ4n) is 2.23. The molecule has 0 atom stereocenters. The van der Waals surface area contributed by atoms with Gasteiger partial charge in [0.2, 0.25) is 6.33 Å². The molecule has 28 heavy (non-hydrogen) atoms. The van der Waals surface area contributed by atoms with Crippen molar-refractivity contribution in [2.45, 2.75) is 13.2 Å². The number of hydrogen-bond donors (Lipinski definition) is 0. The van der Waals surface area contributed by atoms with Crippen LogP contribution in [0.5, 0.6) is 5.75 Å². The van der Waals surface area contributed by atoms with Gasteiger partial charge in [-0.1, -0.05) is 42.5 Å². The van der Waals surface area contributed by atoms with Crippen LogP contribution in [-0.4, -0.2) is 4.57 Å². The van der Waals surface area contributed by atoms with E-state index in [1.807, 2.05) is 48.1 Å². The molecule has 0 unspecified atom stereocenters. The Morgan fingerprint density at radius 1 is 0.857 bits per heavy atom. The van der Waals surface area contributed by atoms with E-state index in [2.05, 4.69) is 41.4 Å². The Bertz CT molecular complexity index is 882. The number of ether oxygens (including phenoxy) is 1. The average Bonchev–Trinajstić information content (AvgIpc) is 2.97. The van der Waals surface area contributed by atoms with Gasteiger partial charge in [-0.25, -0.2) is 9.13 Å². The molecule has 0 aliphatic heterocycles. The van der Waals surface area contributed by atoms with Gasteiger partial charge in [-0.15, -0.1) is 0 Å². The number of aryl methyl sites for hydroxylation is 1. The van der Waals surface area contributed by atoms with Crippen LogP contribution in [0.25, 0.3) is 0 Å². The standard InChI is InChI=1S/C18H19N2O.F6P/c1-19-11-12-20(15-19)13-16-7-9-17(10-8-16)14-21-18-5-3-2-4-6-18;1-7(2,3,4,5)6/h2-12,15H,13-14H2,1H3;/q+1;-1. The number of benzene rings is 2. The predicted octanol–water partition coefficient (Wildman–Crippen LogP) is 6.32. The monoisotopic (exact) mass is 424 g/mol. The first kappa shape index (κ1) is 21.8. The number of nitrogens with zero attached hydrogens (tertiary/aromatic N) is 2. The van der Waals surface area contributed by atoms with Crippen molar-refractivity contribution in [2.75, 3.05) is 0 Å². The van der Waals surface area contributed by atoms with Gasteiger partial charge in [0.25, 0.3) is 0 Å². The first-order valence-corrected chi connectivity index (χ1v) is 10.1. The number of rotatable bonds is 5. The molecule has 3 aromatic rings. The summed E-state index contributed by atoms with van der Waals surface area (Å²) in [6.07, 6.45) is 6.20. The summed E-state index contributed by atoms with van der Waals surface area (Å²) in [5.41, 5.74) is 2.47. The molecule has 10 heteroatoms. The molecular weight excluding hydrogens is 405 g/mol. The van der Waals surface area contributed by atoms with Gasteiger partial charge in [0, 0.05) is 0 Å². The van der Waals surface area contributed by atoms with Crippen molar-refractivity contribution in [1.29, 1.82) is 0 Å². The summed E-state index contributed by atoms with van der Waals surface area (Å²) in [6.45, 7) is 1.49. The Balaban J connectivity index is 0.000000345. The van der Waals surface area contributed by atoms with Gasteiger partial charge >= 0.3 is 33.0 Å². The van der Waals surface area contributed by atoms with Crippen LogP contribution in [0.4, 0.5) is 25.2 Å². The Morgan fingerprint density at radius 2 is 1.39 bits per heavy atom. The molecule has 0 amide bonds. The fourth-order valence-corrected chi connectivity index (χ4v) is 2.23. The molecule has 0 N–H and O–H groups in total. The molecule has 0 bridgehead atoms. The summed E-state index contributed by atoms with van der Waals surface area (Å²) in [5, 5.41) is 0. The second kappa shape index (κ2) is 7.47. The maximum absolute atomic E-state index is 10.7. The molecule has 3 rings (SSSR count). The Morgan fingerprint density at radius 3 is 1.89 bits per heavy atom.